The van der Waals surface area contributed by atoms with Crippen molar-refractivity contribution in [2.75, 3.05) is 12.0 Å². The van der Waals surface area contributed by atoms with Gasteiger partial charge in [-0.25, -0.2) is 0 Å². The van der Waals surface area contributed by atoms with Crippen molar-refractivity contribution in [2.45, 2.75) is 11.1 Å². The smallest absolute Gasteiger partial charge is 0.171 e. The van der Waals surface area contributed by atoms with Crippen LogP contribution in [0.25, 0.3) is 0 Å². The maximum absolute atomic E-state index is 10.9. The van der Waals surface area contributed by atoms with Crippen LogP contribution in [0.2, 0.25) is 0 Å². The molecule has 1 heterocycles. The predicted octanol–water partition coefficient (Wildman–Crippen LogP) is 2.25. The lowest BCUT2D eigenvalue weighted by Crippen LogP contribution is -1.92. The second-order valence-corrected chi connectivity index (χ2v) is 4.27. The van der Waals surface area contributed by atoms with E-state index in [0.29, 0.717) is 10.6 Å². The lowest BCUT2D eigenvalue weighted by atomic mass is 10.3. The van der Waals surface area contributed by atoms with Crippen LogP contribution in [0.4, 0.5) is 5.69 Å². The Balaban J connectivity index is 3.07. The minimum Gasteiger partial charge on any atom is -0.397 e. The molecule has 0 bridgehead atoms. The van der Waals surface area contributed by atoms with E-state index in [1.165, 1.54) is 18.3 Å². The van der Waals surface area contributed by atoms with Gasteiger partial charge in [-0.2, -0.15) is 0 Å². The number of hydrogen-bond donors (Lipinski definition) is 1. The summed E-state index contributed by atoms with van der Waals surface area (Å²) in [4.78, 5) is 11.6. The predicted molar refractivity (Wildman–Crippen MR) is 50.5 cm³/mol. The molecular weight excluding hydrogens is 178 g/mol. The van der Waals surface area contributed by atoms with E-state index in [9.17, 15) is 4.79 Å². The van der Waals surface area contributed by atoms with E-state index in [0.717, 1.165) is 4.21 Å². The summed E-state index contributed by atoms with van der Waals surface area (Å²) in [5.74, 6) is 0.0489. The van der Waals surface area contributed by atoms with Crippen molar-refractivity contribution in [1.29, 1.82) is 0 Å². The van der Waals surface area contributed by atoms with Gasteiger partial charge in [0.15, 0.2) is 5.78 Å². The SMILES string of the molecule is CSc1cc(N)c(C(C)=O)s1. The van der Waals surface area contributed by atoms with Crippen molar-refractivity contribution in [2.24, 2.45) is 0 Å². The molecule has 60 valence electrons. The molecule has 0 saturated heterocycles. The number of rotatable bonds is 2. The molecular formula is C7H9NOS2. The summed E-state index contributed by atoms with van der Waals surface area (Å²) >= 11 is 3.06. The zero-order chi connectivity index (χ0) is 8.43. The third kappa shape index (κ3) is 1.75. The Hall–Kier alpha value is -0.480. The highest BCUT2D eigenvalue weighted by Gasteiger charge is 2.08. The van der Waals surface area contributed by atoms with Crippen LogP contribution in [-0.2, 0) is 0 Å². The summed E-state index contributed by atoms with van der Waals surface area (Å²) in [7, 11) is 0. The molecule has 0 aliphatic heterocycles. The number of carbonyl (C=O) groups excluding carboxylic acids is 1. The summed E-state index contributed by atoms with van der Waals surface area (Å²) in [5, 5.41) is 0. The number of Topliss-reactive ketones (excluding diaryl/α,β-unsaturated/α-hetero) is 1. The molecule has 1 aromatic heterocycles. The number of nitrogen functional groups attached to an aromatic ring is 1. The highest BCUT2D eigenvalue weighted by Crippen LogP contribution is 2.31. The van der Waals surface area contributed by atoms with Crippen molar-refractivity contribution in [3.63, 3.8) is 0 Å². The van der Waals surface area contributed by atoms with Crippen LogP contribution in [0.3, 0.4) is 0 Å². The van der Waals surface area contributed by atoms with Gasteiger partial charge in [0.05, 0.1) is 14.8 Å². The molecule has 4 heteroatoms. The third-order valence-corrected chi connectivity index (χ3v) is 3.58. The molecule has 1 aromatic rings. The van der Waals surface area contributed by atoms with Crippen LogP contribution >= 0.6 is 23.1 Å². The van der Waals surface area contributed by atoms with Gasteiger partial charge in [0.1, 0.15) is 0 Å². The second-order valence-electron chi connectivity index (χ2n) is 2.11. The normalized spacial score (nSPS) is 10.0. The molecule has 0 unspecified atom stereocenters. The van der Waals surface area contributed by atoms with E-state index < -0.39 is 0 Å². The maximum atomic E-state index is 10.9. The Bertz CT molecular complexity index is 280. The van der Waals surface area contributed by atoms with Gasteiger partial charge in [-0.1, -0.05) is 0 Å². The Kier molecular flexibility index (Phi) is 2.57. The Labute approximate surface area is 73.8 Å². The minimum absolute atomic E-state index is 0.0489. The van der Waals surface area contributed by atoms with Gasteiger partial charge >= 0.3 is 0 Å². The first-order valence-electron chi connectivity index (χ1n) is 3.09. The van der Waals surface area contributed by atoms with E-state index in [1.54, 1.807) is 11.8 Å². The summed E-state index contributed by atoms with van der Waals surface area (Å²) in [5.41, 5.74) is 6.20. The van der Waals surface area contributed by atoms with Gasteiger partial charge in [-0.3, -0.25) is 4.79 Å². The van der Waals surface area contributed by atoms with Gasteiger partial charge in [0.2, 0.25) is 0 Å². The van der Waals surface area contributed by atoms with Crippen LogP contribution < -0.4 is 5.73 Å². The van der Waals surface area contributed by atoms with Crippen molar-refractivity contribution >= 4 is 34.6 Å². The number of anilines is 1. The van der Waals surface area contributed by atoms with E-state index in [4.69, 9.17) is 5.73 Å². The average Bonchev–Trinajstić information content (AvgIpc) is 2.30. The molecule has 2 nitrogen and oxygen atoms in total. The molecule has 0 spiro atoms. The van der Waals surface area contributed by atoms with E-state index >= 15 is 0 Å². The van der Waals surface area contributed by atoms with Crippen molar-refractivity contribution in [3.05, 3.63) is 10.9 Å². The largest absolute Gasteiger partial charge is 0.397 e. The maximum Gasteiger partial charge on any atom is 0.171 e. The fourth-order valence-electron chi connectivity index (χ4n) is 0.757. The summed E-state index contributed by atoms with van der Waals surface area (Å²) in [6.07, 6.45) is 1.97. The minimum atomic E-state index is 0.0489. The van der Waals surface area contributed by atoms with Crippen LogP contribution in [0.15, 0.2) is 10.3 Å². The van der Waals surface area contributed by atoms with Gasteiger partial charge in [0, 0.05) is 6.92 Å². The lowest BCUT2D eigenvalue weighted by Gasteiger charge is -1.88. The molecule has 0 radical (unpaired) electrons. The molecule has 0 amide bonds. The molecule has 0 aliphatic carbocycles. The van der Waals surface area contributed by atoms with E-state index in [2.05, 4.69) is 0 Å². The first-order valence-corrected chi connectivity index (χ1v) is 5.13. The standard InChI is InChI=1S/C7H9NOS2/c1-4(9)7-5(8)3-6(10-2)11-7/h3H,8H2,1-2H3. The fourth-order valence-corrected chi connectivity index (χ4v) is 2.29. The van der Waals surface area contributed by atoms with E-state index in [1.807, 2.05) is 12.3 Å². The van der Waals surface area contributed by atoms with Crippen LogP contribution in [0, 0.1) is 0 Å². The molecule has 0 aliphatic rings. The van der Waals surface area contributed by atoms with Crippen molar-refractivity contribution in [1.82, 2.24) is 0 Å². The molecule has 2 N–H and O–H groups in total. The molecule has 0 aromatic carbocycles. The first kappa shape index (κ1) is 8.62. The highest BCUT2D eigenvalue weighted by molar-refractivity contribution is 8.00. The average molecular weight is 187 g/mol. The van der Waals surface area contributed by atoms with Crippen molar-refractivity contribution in [3.8, 4) is 0 Å². The zero-order valence-corrected chi connectivity index (χ0v) is 8.01. The zero-order valence-electron chi connectivity index (χ0n) is 6.38. The topological polar surface area (TPSA) is 43.1 Å². The summed E-state index contributed by atoms with van der Waals surface area (Å²) in [6, 6.07) is 1.84. The van der Waals surface area contributed by atoms with Gasteiger partial charge in [-0.15, -0.1) is 23.1 Å². The Morgan fingerprint density at radius 2 is 2.36 bits per heavy atom. The third-order valence-electron chi connectivity index (χ3n) is 1.26. The quantitative estimate of drug-likeness (QED) is 0.570. The van der Waals surface area contributed by atoms with Gasteiger partial charge in [0.25, 0.3) is 0 Å². The molecule has 11 heavy (non-hydrogen) atoms. The number of thioether (sulfide) groups is 1. The number of ketones is 1. The number of hydrogen-bond acceptors (Lipinski definition) is 4. The molecule has 0 fully saturated rings. The number of thiophene rings is 1. The summed E-state index contributed by atoms with van der Waals surface area (Å²) in [6.45, 7) is 1.53. The van der Waals surface area contributed by atoms with Gasteiger partial charge in [-0.05, 0) is 12.3 Å². The lowest BCUT2D eigenvalue weighted by molar-refractivity contribution is 0.102. The monoisotopic (exact) mass is 187 g/mol. The first-order chi connectivity index (χ1) is 5.15. The molecule has 1 rings (SSSR count). The fraction of sp³-hybridized carbons (Fsp3) is 0.286. The number of nitrogens with two attached hydrogens (primary N) is 1. The molecule has 0 saturated carbocycles. The van der Waals surface area contributed by atoms with Crippen LogP contribution in [0.5, 0.6) is 0 Å². The Morgan fingerprint density at radius 1 is 1.73 bits per heavy atom. The number of carbonyl (C=O) groups is 1. The van der Waals surface area contributed by atoms with Gasteiger partial charge < -0.3 is 5.73 Å². The van der Waals surface area contributed by atoms with Crippen LogP contribution in [-0.4, -0.2) is 12.0 Å². The molecule has 0 atom stereocenters. The summed E-state index contributed by atoms with van der Waals surface area (Å²) < 4.78 is 1.09. The van der Waals surface area contributed by atoms with Crippen molar-refractivity contribution < 1.29 is 4.79 Å². The second kappa shape index (κ2) is 3.28. The van der Waals surface area contributed by atoms with Crippen LogP contribution in [0.1, 0.15) is 16.6 Å². The Morgan fingerprint density at radius 3 is 2.64 bits per heavy atom. The highest BCUT2D eigenvalue weighted by atomic mass is 32.2. The van der Waals surface area contributed by atoms with E-state index in [-0.39, 0.29) is 5.78 Å².